The lowest BCUT2D eigenvalue weighted by Crippen LogP contribution is -2.35. The quantitative estimate of drug-likeness (QED) is 0.295. The third-order valence-electron chi connectivity index (χ3n) is 6.11. The molecule has 0 aromatic heterocycles. The van der Waals surface area contributed by atoms with E-state index < -0.39 is 17.8 Å². The summed E-state index contributed by atoms with van der Waals surface area (Å²) < 4.78 is 45.2. The van der Waals surface area contributed by atoms with Gasteiger partial charge in [-0.25, -0.2) is 8.78 Å². The van der Waals surface area contributed by atoms with Crippen molar-refractivity contribution in [3.63, 3.8) is 0 Å². The van der Waals surface area contributed by atoms with Gasteiger partial charge in [0.25, 0.3) is 5.92 Å². The maximum Gasteiger partial charge on any atom is 0.273 e. The molecule has 3 rings (SSSR count). The van der Waals surface area contributed by atoms with Crippen LogP contribution in [0.5, 0.6) is 5.75 Å². The van der Waals surface area contributed by atoms with E-state index >= 15 is 0 Å². The SMILES string of the molecule is CC1(C)OCc2cc(C(O)CNCCCCCCOCCCC(F)(F)c3ccccc3)ccc2O1. The fourth-order valence-electron chi connectivity index (χ4n) is 4.05. The van der Waals surface area contributed by atoms with Crippen LogP contribution in [0.25, 0.3) is 0 Å². The smallest absolute Gasteiger partial charge is 0.273 e. The first-order valence-electron chi connectivity index (χ1n) is 12.6. The highest BCUT2D eigenvalue weighted by Crippen LogP contribution is 2.33. The van der Waals surface area contributed by atoms with Crippen LogP contribution in [0.1, 0.15) is 75.2 Å². The summed E-state index contributed by atoms with van der Waals surface area (Å²) in [4.78, 5) is 0. The molecule has 35 heavy (non-hydrogen) atoms. The fraction of sp³-hybridized carbons (Fsp3) is 0.571. The van der Waals surface area contributed by atoms with Gasteiger partial charge in [-0.1, -0.05) is 49.2 Å². The normalized spacial score (nSPS) is 15.9. The third-order valence-corrected chi connectivity index (χ3v) is 6.11. The standard InChI is InChI=1S/C28H39F2NO4/c1-27(2)34-21-23-19-22(13-14-26(23)35-27)25(32)20-31-16-8-3-4-9-17-33-18-10-15-28(29,30)24-11-6-5-7-12-24/h5-7,11-14,19,25,31-32H,3-4,8-10,15-18,20-21H2,1-2H3. The Kier molecular flexibility index (Phi) is 10.5. The lowest BCUT2D eigenvalue weighted by Gasteiger charge is -2.33. The second-order valence-corrected chi connectivity index (χ2v) is 9.58. The highest BCUT2D eigenvalue weighted by atomic mass is 19.3. The number of aliphatic hydroxyl groups excluding tert-OH is 1. The van der Waals surface area contributed by atoms with Gasteiger partial charge in [-0.3, -0.25) is 0 Å². The minimum Gasteiger partial charge on any atom is -0.463 e. The van der Waals surface area contributed by atoms with Crippen molar-refractivity contribution < 1.29 is 28.1 Å². The van der Waals surface area contributed by atoms with Crippen molar-refractivity contribution >= 4 is 0 Å². The lowest BCUT2D eigenvalue weighted by atomic mass is 10.0. The number of rotatable bonds is 15. The Labute approximate surface area is 207 Å². The molecule has 0 amide bonds. The van der Waals surface area contributed by atoms with Crippen LogP contribution in [0.4, 0.5) is 8.78 Å². The molecule has 2 aromatic rings. The summed E-state index contributed by atoms with van der Waals surface area (Å²) in [7, 11) is 0. The van der Waals surface area contributed by atoms with Gasteiger partial charge in [0.05, 0.1) is 12.7 Å². The molecule has 5 nitrogen and oxygen atoms in total. The van der Waals surface area contributed by atoms with Gasteiger partial charge in [0.1, 0.15) is 5.75 Å². The average molecular weight is 492 g/mol. The number of hydrogen-bond donors (Lipinski definition) is 2. The van der Waals surface area contributed by atoms with Gasteiger partial charge in [-0.2, -0.15) is 0 Å². The van der Waals surface area contributed by atoms with Gasteiger partial charge in [-0.15, -0.1) is 0 Å². The number of alkyl halides is 2. The molecule has 0 aliphatic carbocycles. The topological polar surface area (TPSA) is 60.0 Å². The molecule has 0 spiro atoms. The monoisotopic (exact) mass is 491 g/mol. The summed E-state index contributed by atoms with van der Waals surface area (Å²) in [6.07, 6.45) is 3.59. The van der Waals surface area contributed by atoms with Gasteiger partial charge in [-0.05, 0) is 43.5 Å². The second-order valence-electron chi connectivity index (χ2n) is 9.58. The molecule has 2 N–H and O–H groups in total. The zero-order valence-corrected chi connectivity index (χ0v) is 20.9. The lowest BCUT2D eigenvalue weighted by molar-refractivity contribution is -0.180. The molecular weight excluding hydrogens is 452 g/mol. The number of ether oxygens (including phenoxy) is 3. The second kappa shape index (κ2) is 13.3. The molecule has 0 fully saturated rings. The number of unbranched alkanes of at least 4 members (excludes halogenated alkanes) is 3. The molecule has 1 unspecified atom stereocenters. The Morgan fingerprint density at radius 1 is 1.03 bits per heavy atom. The maximum atomic E-state index is 14.1. The van der Waals surface area contributed by atoms with Crippen LogP contribution < -0.4 is 10.1 Å². The Morgan fingerprint density at radius 3 is 2.57 bits per heavy atom. The molecule has 1 aliphatic heterocycles. The Hall–Kier alpha value is -2.06. The van der Waals surface area contributed by atoms with E-state index in [0.717, 1.165) is 49.1 Å². The predicted octanol–water partition coefficient (Wildman–Crippen LogP) is 6.10. The zero-order chi connectivity index (χ0) is 25.2. The Bertz CT molecular complexity index is 892. The zero-order valence-electron chi connectivity index (χ0n) is 20.9. The van der Waals surface area contributed by atoms with Crippen molar-refractivity contribution in [2.24, 2.45) is 0 Å². The molecule has 2 aromatic carbocycles. The van der Waals surface area contributed by atoms with Crippen LogP contribution >= 0.6 is 0 Å². The maximum absolute atomic E-state index is 14.1. The van der Waals surface area contributed by atoms with Crippen LogP contribution in [0.2, 0.25) is 0 Å². The molecule has 0 saturated carbocycles. The van der Waals surface area contributed by atoms with Crippen LogP contribution in [-0.4, -0.2) is 37.2 Å². The van der Waals surface area contributed by atoms with Crippen molar-refractivity contribution in [1.82, 2.24) is 5.32 Å². The Balaban J connectivity index is 1.17. The first kappa shape index (κ1) is 27.5. The van der Waals surface area contributed by atoms with Crippen LogP contribution in [0.15, 0.2) is 48.5 Å². The van der Waals surface area contributed by atoms with E-state index in [0.29, 0.717) is 32.8 Å². The van der Waals surface area contributed by atoms with Gasteiger partial charge >= 0.3 is 0 Å². The van der Waals surface area contributed by atoms with Crippen molar-refractivity contribution in [3.8, 4) is 5.75 Å². The number of aliphatic hydroxyl groups is 1. The first-order chi connectivity index (χ1) is 16.8. The predicted molar refractivity (Wildman–Crippen MR) is 133 cm³/mol. The summed E-state index contributed by atoms with van der Waals surface area (Å²) in [6, 6.07) is 13.7. The largest absolute Gasteiger partial charge is 0.463 e. The van der Waals surface area contributed by atoms with Crippen molar-refractivity contribution in [2.75, 3.05) is 26.3 Å². The Morgan fingerprint density at radius 2 is 1.77 bits per heavy atom. The van der Waals surface area contributed by atoms with Crippen molar-refractivity contribution in [1.29, 1.82) is 0 Å². The molecule has 1 heterocycles. The van der Waals surface area contributed by atoms with Crippen LogP contribution in [0.3, 0.4) is 0 Å². The summed E-state index contributed by atoms with van der Waals surface area (Å²) >= 11 is 0. The fourth-order valence-corrected chi connectivity index (χ4v) is 4.05. The molecule has 194 valence electrons. The molecule has 1 atom stereocenters. The summed E-state index contributed by atoms with van der Waals surface area (Å²) in [5.41, 5.74) is 1.87. The number of nitrogens with one attached hydrogen (secondary N) is 1. The first-order valence-corrected chi connectivity index (χ1v) is 12.6. The van der Waals surface area contributed by atoms with E-state index in [-0.39, 0.29) is 12.0 Å². The number of hydrogen-bond acceptors (Lipinski definition) is 5. The van der Waals surface area contributed by atoms with Crippen molar-refractivity contribution in [2.45, 2.75) is 76.8 Å². The van der Waals surface area contributed by atoms with E-state index in [9.17, 15) is 13.9 Å². The molecule has 0 radical (unpaired) electrons. The number of halogens is 2. The van der Waals surface area contributed by atoms with Gasteiger partial charge in [0.2, 0.25) is 5.79 Å². The number of fused-ring (bicyclic) bond motifs is 1. The van der Waals surface area contributed by atoms with E-state index in [2.05, 4.69) is 5.32 Å². The number of benzene rings is 2. The van der Waals surface area contributed by atoms with E-state index in [1.165, 1.54) is 12.1 Å². The summed E-state index contributed by atoms with van der Waals surface area (Å²) in [5, 5.41) is 13.8. The molecule has 0 saturated heterocycles. The van der Waals surface area contributed by atoms with Crippen LogP contribution in [0, 0.1) is 0 Å². The van der Waals surface area contributed by atoms with Gasteiger partial charge in [0.15, 0.2) is 0 Å². The van der Waals surface area contributed by atoms with E-state index in [1.54, 1.807) is 18.2 Å². The van der Waals surface area contributed by atoms with Crippen molar-refractivity contribution in [3.05, 3.63) is 65.2 Å². The highest BCUT2D eigenvalue weighted by Gasteiger charge is 2.30. The third kappa shape index (κ3) is 9.15. The average Bonchev–Trinajstić information content (AvgIpc) is 2.84. The van der Waals surface area contributed by atoms with Gasteiger partial charge < -0.3 is 24.6 Å². The highest BCUT2D eigenvalue weighted by molar-refractivity contribution is 5.39. The van der Waals surface area contributed by atoms with E-state index in [1.807, 2.05) is 32.0 Å². The minimum atomic E-state index is -2.80. The molecule has 1 aliphatic rings. The van der Waals surface area contributed by atoms with Crippen LogP contribution in [-0.2, 0) is 22.0 Å². The minimum absolute atomic E-state index is 0.0668. The molecule has 0 bridgehead atoms. The van der Waals surface area contributed by atoms with E-state index in [4.69, 9.17) is 14.2 Å². The summed E-state index contributed by atoms with van der Waals surface area (Å²) in [6.45, 7) is 6.52. The van der Waals surface area contributed by atoms with Gasteiger partial charge in [0, 0.05) is 51.2 Å². The molecule has 7 heteroatoms. The summed E-state index contributed by atoms with van der Waals surface area (Å²) in [5.74, 6) is -2.62. The molecular formula is C28H39F2NO4.